The van der Waals surface area contributed by atoms with Crippen LogP contribution in [-0.4, -0.2) is 38.3 Å². The summed E-state index contributed by atoms with van der Waals surface area (Å²) < 4.78 is 49.3. The molecule has 0 aromatic heterocycles. The van der Waals surface area contributed by atoms with Crippen LogP contribution in [0.25, 0.3) is 0 Å². The first-order valence-electron chi connectivity index (χ1n) is 7.39. The maximum atomic E-state index is 12.9. The quantitative estimate of drug-likeness (QED) is 0.839. The molecular formula is C15H20ClF3N2O3. The molecule has 9 heteroatoms. The van der Waals surface area contributed by atoms with E-state index >= 15 is 0 Å². The first kappa shape index (κ1) is 20.5. The van der Waals surface area contributed by atoms with E-state index < -0.39 is 23.8 Å². The van der Waals surface area contributed by atoms with E-state index in [0.717, 1.165) is 12.1 Å². The fourth-order valence-electron chi connectivity index (χ4n) is 2.09. The van der Waals surface area contributed by atoms with Gasteiger partial charge in [0, 0.05) is 13.1 Å². The lowest BCUT2D eigenvalue weighted by Crippen LogP contribution is -2.45. The van der Waals surface area contributed by atoms with Crippen LogP contribution >= 0.6 is 12.4 Å². The van der Waals surface area contributed by atoms with Crippen molar-refractivity contribution in [3.05, 3.63) is 23.8 Å². The number of carbonyl (C=O) groups is 1. The molecule has 0 bridgehead atoms. The normalized spacial score (nSPS) is 17.8. The highest BCUT2D eigenvalue weighted by Gasteiger charge is 2.32. The molecule has 1 fully saturated rings. The third kappa shape index (κ3) is 5.54. The summed E-state index contributed by atoms with van der Waals surface area (Å²) in [6.07, 6.45) is -4.53. The van der Waals surface area contributed by atoms with Gasteiger partial charge in [-0.2, -0.15) is 13.2 Å². The Hall–Kier alpha value is -1.51. The van der Waals surface area contributed by atoms with Gasteiger partial charge in [-0.3, -0.25) is 4.79 Å². The minimum Gasteiger partial charge on any atom is -0.491 e. The molecule has 0 saturated carbocycles. The third-order valence-corrected chi connectivity index (χ3v) is 3.25. The summed E-state index contributed by atoms with van der Waals surface area (Å²) in [6.45, 7) is 3.55. The third-order valence-electron chi connectivity index (χ3n) is 3.25. The van der Waals surface area contributed by atoms with Crippen LogP contribution in [0.1, 0.15) is 18.9 Å². The van der Waals surface area contributed by atoms with E-state index in [-0.39, 0.29) is 23.8 Å². The Labute approximate surface area is 144 Å². The topological polar surface area (TPSA) is 59.6 Å². The van der Waals surface area contributed by atoms with Gasteiger partial charge in [0.15, 0.2) is 0 Å². The van der Waals surface area contributed by atoms with Crippen molar-refractivity contribution in [1.82, 2.24) is 5.32 Å². The minimum absolute atomic E-state index is 0. The van der Waals surface area contributed by atoms with Gasteiger partial charge in [-0.1, -0.05) is 6.92 Å². The first-order chi connectivity index (χ1) is 10.9. The van der Waals surface area contributed by atoms with Gasteiger partial charge >= 0.3 is 6.18 Å². The van der Waals surface area contributed by atoms with Crippen LogP contribution in [0.2, 0.25) is 0 Å². The van der Waals surface area contributed by atoms with Crippen molar-refractivity contribution in [2.75, 3.05) is 31.6 Å². The molecule has 1 aliphatic rings. The fourth-order valence-corrected chi connectivity index (χ4v) is 2.09. The van der Waals surface area contributed by atoms with E-state index in [0.29, 0.717) is 32.7 Å². The fraction of sp³-hybridized carbons (Fsp3) is 0.533. The smallest absolute Gasteiger partial charge is 0.416 e. The van der Waals surface area contributed by atoms with Gasteiger partial charge in [0.25, 0.3) is 5.91 Å². The molecule has 5 nitrogen and oxygen atoms in total. The molecule has 1 amide bonds. The molecule has 1 aliphatic heterocycles. The molecule has 0 aliphatic carbocycles. The van der Waals surface area contributed by atoms with Crippen LogP contribution in [0.5, 0.6) is 5.75 Å². The number of alkyl halides is 3. The minimum atomic E-state index is -4.49. The number of nitrogens with one attached hydrogen (secondary N) is 2. The second kappa shape index (κ2) is 9.10. The Morgan fingerprint density at radius 1 is 1.46 bits per heavy atom. The van der Waals surface area contributed by atoms with Gasteiger partial charge in [-0.05, 0) is 24.6 Å². The van der Waals surface area contributed by atoms with Crippen molar-refractivity contribution in [3.63, 3.8) is 0 Å². The number of rotatable bonds is 5. The van der Waals surface area contributed by atoms with Gasteiger partial charge in [0.2, 0.25) is 0 Å². The van der Waals surface area contributed by atoms with E-state index in [2.05, 4.69) is 10.6 Å². The molecule has 1 saturated heterocycles. The molecule has 1 aromatic rings. The number of halogens is 4. The summed E-state index contributed by atoms with van der Waals surface area (Å²) in [5.41, 5.74) is -0.855. The monoisotopic (exact) mass is 368 g/mol. The van der Waals surface area contributed by atoms with E-state index in [9.17, 15) is 18.0 Å². The Morgan fingerprint density at radius 3 is 2.79 bits per heavy atom. The van der Waals surface area contributed by atoms with Crippen LogP contribution in [0, 0.1) is 0 Å². The standard InChI is InChI=1S/C15H19F3N2O3.ClH/c1-2-6-22-12-4-3-10(15(16,17)18)8-11(12)20-14(21)13-9-19-5-7-23-13;/h3-4,8,13,19H,2,5-7,9H2,1H3,(H,20,21);1H. The summed E-state index contributed by atoms with van der Waals surface area (Å²) >= 11 is 0. The highest BCUT2D eigenvalue weighted by Crippen LogP contribution is 2.35. The lowest BCUT2D eigenvalue weighted by molar-refractivity contribution is -0.137. The van der Waals surface area contributed by atoms with Crippen molar-refractivity contribution < 1.29 is 27.4 Å². The van der Waals surface area contributed by atoms with Gasteiger partial charge < -0.3 is 20.1 Å². The van der Waals surface area contributed by atoms with E-state index in [1.807, 2.05) is 6.92 Å². The predicted molar refractivity (Wildman–Crippen MR) is 85.7 cm³/mol. The first-order valence-corrected chi connectivity index (χ1v) is 7.39. The zero-order valence-electron chi connectivity index (χ0n) is 13.1. The molecule has 0 radical (unpaired) electrons. The van der Waals surface area contributed by atoms with Crippen molar-refractivity contribution >= 4 is 24.0 Å². The Morgan fingerprint density at radius 2 is 2.21 bits per heavy atom. The summed E-state index contributed by atoms with van der Waals surface area (Å²) in [4.78, 5) is 12.1. The Kier molecular flexibility index (Phi) is 7.78. The molecule has 2 N–H and O–H groups in total. The molecule has 136 valence electrons. The molecule has 1 unspecified atom stereocenters. The second-order valence-corrected chi connectivity index (χ2v) is 5.11. The Balaban J connectivity index is 0.00000288. The van der Waals surface area contributed by atoms with Crippen molar-refractivity contribution in [2.24, 2.45) is 0 Å². The largest absolute Gasteiger partial charge is 0.491 e. The average Bonchev–Trinajstić information content (AvgIpc) is 2.53. The molecule has 24 heavy (non-hydrogen) atoms. The van der Waals surface area contributed by atoms with Gasteiger partial charge in [0.1, 0.15) is 11.9 Å². The molecule has 0 spiro atoms. The number of hydrogen-bond acceptors (Lipinski definition) is 4. The van der Waals surface area contributed by atoms with Crippen molar-refractivity contribution in [2.45, 2.75) is 25.6 Å². The molecule has 1 aromatic carbocycles. The zero-order chi connectivity index (χ0) is 16.9. The Bertz CT molecular complexity index is 549. The van der Waals surface area contributed by atoms with E-state index in [1.54, 1.807) is 0 Å². The average molecular weight is 369 g/mol. The summed E-state index contributed by atoms with van der Waals surface area (Å²) in [5, 5.41) is 5.46. The number of carbonyl (C=O) groups excluding carboxylic acids is 1. The van der Waals surface area contributed by atoms with Crippen LogP contribution in [-0.2, 0) is 15.7 Å². The summed E-state index contributed by atoms with van der Waals surface area (Å²) in [6, 6.07) is 3.02. The maximum absolute atomic E-state index is 12.9. The lowest BCUT2D eigenvalue weighted by atomic mass is 10.1. The number of anilines is 1. The number of amides is 1. The van der Waals surface area contributed by atoms with Gasteiger partial charge in [0.05, 0.1) is 24.5 Å². The van der Waals surface area contributed by atoms with Crippen molar-refractivity contribution in [3.8, 4) is 5.75 Å². The van der Waals surface area contributed by atoms with Gasteiger partial charge in [-0.15, -0.1) is 12.4 Å². The molecule has 2 rings (SSSR count). The van der Waals surface area contributed by atoms with Crippen LogP contribution in [0.3, 0.4) is 0 Å². The second-order valence-electron chi connectivity index (χ2n) is 5.11. The van der Waals surface area contributed by atoms with Gasteiger partial charge in [-0.25, -0.2) is 0 Å². The summed E-state index contributed by atoms with van der Waals surface area (Å²) in [5.74, 6) is -0.296. The maximum Gasteiger partial charge on any atom is 0.416 e. The zero-order valence-corrected chi connectivity index (χ0v) is 13.9. The predicted octanol–water partition coefficient (Wildman–Crippen LogP) is 2.84. The van der Waals surface area contributed by atoms with E-state index in [4.69, 9.17) is 9.47 Å². The summed E-state index contributed by atoms with van der Waals surface area (Å²) in [7, 11) is 0. The molecule has 1 heterocycles. The number of morpholine rings is 1. The van der Waals surface area contributed by atoms with Crippen LogP contribution < -0.4 is 15.4 Å². The lowest BCUT2D eigenvalue weighted by Gasteiger charge is -2.23. The SMILES string of the molecule is CCCOc1ccc(C(F)(F)F)cc1NC(=O)C1CNCCO1.Cl. The number of benzene rings is 1. The molecular weight excluding hydrogens is 349 g/mol. The number of ether oxygens (including phenoxy) is 2. The van der Waals surface area contributed by atoms with E-state index in [1.165, 1.54) is 6.07 Å². The molecule has 1 atom stereocenters. The van der Waals surface area contributed by atoms with Crippen LogP contribution in [0.15, 0.2) is 18.2 Å². The van der Waals surface area contributed by atoms with Crippen LogP contribution in [0.4, 0.5) is 18.9 Å². The highest BCUT2D eigenvalue weighted by molar-refractivity contribution is 5.95. The number of hydrogen-bond donors (Lipinski definition) is 2. The van der Waals surface area contributed by atoms with Crippen molar-refractivity contribution in [1.29, 1.82) is 0 Å². The highest BCUT2D eigenvalue weighted by atomic mass is 35.5.